The molecule has 3 rings (SSSR count). The minimum atomic E-state index is -0.231. The summed E-state index contributed by atoms with van der Waals surface area (Å²) in [5.41, 5.74) is 0.947. The van der Waals surface area contributed by atoms with E-state index in [-0.39, 0.29) is 5.82 Å². The predicted molar refractivity (Wildman–Crippen MR) is 82.4 cm³/mol. The molecule has 0 aliphatic rings. The summed E-state index contributed by atoms with van der Waals surface area (Å²) in [5.74, 6) is 0.578. The van der Waals surface area contributed by atoms with Crippen LogP contribution in [0.4, 0.5) is 4.39 Å². The van der Waals surface area contributed by atoms with Gasteiger partial charge >= 0.3 is 0 Å². The van der Waals surface area contributed by atoms with Crippen LogP contribution in [0.25, 0.3) is 10.8 Å². The van der Waals surface area contributed by atoms with E-state index in [9.17, 15) is 4.39 Å². The third-order valence-corrected chi connectivity index (χ3v) is 3.59. The van der Waals surface area contributed by atoms with E-state index in [1.165, 1.54) is 12.1 Å². The van der Waals surface area contributed by atoms with Gasteiger partial charge < -0.3 is 4.74 Å². The second-order valence-electron chi connectivity index (χ2n) is 4.57. The molecule has 20 heavy (non-hydrogen) atoms. The first-order chi connectivity index (χ1) is 9.70. The molecule has 3 aromatic carbocycles. The highest BCUT2D eigenvalue weighted by molar-refractivity contribution is 9.10. The lowest BCUT2D eigenvalue weighted by Crippen LogP contribution is -1.95. The van der Waals surface area contributed by atoms with Crippen molar-refractivity contribution >= 4 is 26.7 Å². The SMILES string of the molecule is Fc1ccc(COc2ccc3cc(Br)ccc3c2)cc1. The molecule has 0 heterocycles. The van der Waals surface area contributed by atoms with Crippen LogP contribution in [0.5, 0.6) is 5.75 Å². The van der Waals surface area contributed by atoms with Crippen molar-refractivity contribution in [3.8, 4) is 5.75 Å². The van der Waals surface area contributed by atoms with E-state index < -0.39 is 0 Å². The highest BCUT2D eigenvalue weighted by Crippen LogP contribution is 2.24. The van der Waals surface area contributed by atoms with E-state index in [0.717, 1.165) is 26.6 Å². The molecule has 0 radical (unpaired) electrons. The molecule has 0 bridgehead atoms. The maximum Gasteiger partial charge on any atom is 0.123 e. The molecular formula is C17H12BrFO. The summed E-state index contributed by atoms with van der Waals surface area (Å²) in [6, 6.07) is 18.4. The van der Waals surface area contributed by atoms with Crippen molar-refractivity contribution in [1.82, 2.24) is 0 Å². The molecule has 0 atom stereocenters. The number of hydrogen-bond donors (Lipinski definition) is 0. The van der Waals surface area contributed by atoms with Crippen molar-refractivity contribution in [2.45, 2.75) is 6.61 Å². The molecular weight excluding hydrogens is 319 g/mol. The van der Waals surface area contributed by atoms with Crippen molar-refractivity contribution < 1.29 is 9.13 Å². The molecule has 0 spiro atoms. The Bertz CT molecular complexity index is 738. The summed E-state index contributed by atoms with van der Waals surface area (Å²) in [6.07, 6.45) is 0. The first-order valence-corrected chi connectivity index (χ1v) is 7.06. The average Bonchev–Trinajstić information content (AvgIpc) is 2.46. The standard InChI is InChI=1S/C17H12BrFO/c18-15-5-3-14-10-17(8-4-13(14)9-15)20-11-12-1-6-16(19)7-2-12/h1-10H,11H2. The second kappa shape index (κ2) is 5.63. The molecule has 0 aliphatic heterocycles. The van der Waals surface area contributed by atoms with Crippen molar-refractivity contribution in [1.29, 1.82) is 0 Å². The summed E-state index contributed by atoms with van der Waals surface area (Å²) in [4.78, 5) is 0. The quantitative estimate of drug-likeness (QED) is 0.631. The number of ether oxygens (including phenoxy) is 1. The van der Waals surface area contributed by atoms with Crippen molar-refractivity contribution in [3.63, 3.8) is 0 Å². The number of benzene rings is 3. The zero-order valence-corrected chi connectivity index (χ0v) is 12.2. The third kappa shape index (κ3) is 2.99. The van der Waals surface area contributed by atoms with Crippen LogP contribution < -0.4 is 4.74 Å². The van der Waals surface area contributed by atoms with E-state index in [0.29, 0.717) is 6.61 Å². The van der Waals surface area contributed by atoms with Gasteiger partial charge in [-0.1, -0.05) is 40.2 Å². The van der Waals surface area contributed by atoms with E-state index in [4.69, 9.17) is 4.74 Å². The maximum atomic E-state index is 12.8. The Hall–Kier alpha value is -1.87. The van der Waals surface area contributed by atoms with Crippen LogP contribution in [-0.2, 0) is 6.61 Å². The highest BCUT2D eigenvalue weighted by atomic mass is 79.9. The Kier molecular flexibility index (Phi) is 3.70. The maximum absolute atomic E-state index is 12.8. The summed E-state index contributed by atoms with van der Waals surface area (Å²) in [7, 11) is 0. The smallest absolute Gasteiger partial charge is 0.123 e. The van der Waals surface area contributed by atoms with Crippen LogP contribution in [-0.4, -0.2) is 0 Å². The Morgan fingerprint density at radius 3 is 2.35 bits per heavy atom. The van der Waals surface area contributed by atoms with Gasteiger partial charge in [-0.05, 0) is 52.7 Å². The normalized spacial score (nSPS) is 10.7. The summed E-state index contributed by atoms with van der Waals surface area (Å²) >= 11 is 3.46. The van der Waals surface area contributed by atoms with Crippen molar-refractivity contribution in [2.24, 2.45) is 0 Å². The summed E-state index contributed by atoms with van der Waals surface area (Å²) in [5, 5.41) is 2.29. The fraction of sp³-hybridized carbons (Fsp3) is 0.0588. The van der Waals surface area contributed by atoms with Gasteiger partial charge in [0.25, 0.3) is 0 Å². The highest BCUT2D eigenvalue weighted by Gasteiger charge is 2.00. The van der Waals surface area contributed by atoms with Gasteiger partial charge in [0, 0.05) is 4.47 Å². The van der Waals surface area contributed by atoms with Crippen molar-refractivity contribution in [2.75, 3.05) is 0 Å². The van der Waals surface area contributed by atoms with Crippen LogP contribution >= 0.6 is 15.9 Å². The second-order valence-corrected chi connectivity index (χ2v) is 5.48. The Balaban J connectivity index is 1.77. The van der Waals surface area contributed by atoms with E-state index in [2.05, 4.69) is 22.0 Å². The van der Waals surface area contributed by atoms with Crippen LogP contribution in [0.15, 0.2) is 65.1 Å². The van der Waals surface area contributed by atoms with Crippen molar-refractivity contribution in [3.05, 3.63) is 76.5 Å². The zero-order chi connectivity index (χ0) is 13.9. The summed E-state index contributed by atoms with van der Waals surface area (Å²) in [6.45, 7) is 0.433. The molecule has 0 fully saturated rings. The zero-order valence-electron chi connectivity index (χ0n) is 10.6. The minimum Gasteiger partial charge on any atom is -0.489 e. The predicted octanol–water partition coefficient (Wildman–Crippen LogP) is 5.32. The largest absolute Gasteiger partial charge is 0.489 e. The molecule has 3 heteroatoms. The average molecular weight is 331 g/mol. The van der Waals surface area contributed by atoms with E-state index in [1.807, 2.05) is 30.3 Å². The van der Waals surface area contributed by atoms with Gasteiger partial charge in [-0.15, -0.1) is 0 Å². The Morgan fingerprint density at radius 1 is 0.850 bits per heavy atom. The van der Waals surface area contributed by atoms with Crippen LogP contribution in [0, 0.1) is 5.82 Å². The van der Waals surface area contributed by atoms with Crippen LogP contribution in [0.3, 0.4) is 0 Å². The van der Waals surface area contributed by atoms with Gasteiger partial charge in [0.2, 0.25) is 0 Å². The first-order valence-electron chi connectivity index (χ1n) is 6.27. The molecule has 1 nitrogen and oxygen atoms in total. The third-order valence-electron chi connectivity index (χ3n) is 3.09. The first kappa shape index (κ1) is 13.1. The van der Waals surface area contributed by atoms with Gasteiger partial charge in [-0.25, -0.2) is 4.39 Å². The molecule has 100 valence electrons. The fourth-order valence-corrected chi connectivity index (χ4v) is 2.41. The molecule has 0 aromatic heterocycles. The van der Waals surface area contributed by atoms with Gasteiger partial charge in [-0.3, -0.25) is 0 Å². The van der Waals surface area contributed by atoms with E-state index in [1.54, 1.807) is 12.1 Å². The lowest BCUT2D eigenvalue weighted by molar-refractivity contribution is 0.306. The Morgan fingerprint density at radius 2 is 1.55 bits per heavy atom. The Labute approximate surface area is 125 Å². The molecule has 0 amide bonds. The topological polar surface area (TPSA) is 9.23 Å². The summed E-state index contributed by atoms with van der Waals surface area (Å²) < 4.78 is 19.6. The fourth-order valence-electron chi connectivity index (χ4n) is 2.03. The molecule has 3 aromatic rings. The monoisotopic (exact) mass is 330 g/mol. The number of hydrogen-bond acceptors (Lipinski definition) is 1. The molecule has 0 aliphatic carbocycles. The number of fused-ring (bicyclic) bond motifs is 1. The number of rotatable bonds is 3. The molecule has 0 N–H and O–H groups in total. The molecule has 0 saturated carbocycles. The minimum absolute atomic E-state index is 0.231. The molecule has 0 unspecified atom stereocenters. The lowest BCUT2D eigenvalue weighted by atomic mass is 10.1. The lowest BCUT2D eigenvalue weighted by Gasteiger charge is -2.07. The van der Waals surface area contributed by atoms with Gasteiger partial charge in [0.1, 0.15) is 18.2 Å². The van der Waals surface area contributed by atoms with E-state index >= 15 is 0 Å². The molecule has 0 saturated heterocycles. The van der Waals surface area contributed by atoms with Crippen LogP contribution in [0.1, 0.15) is 5.56 Å². The van der Waals surface area contributed by atoms with Crippen LogP contribution in [0.2, 0.25) is 0 Å². The van der Waals surface area contributed by atoms with Gasteiger partial charge in [0.15, 0.2) is 0 Å². The van der Waals surface area contributed by atoms with Gasteiger partial charge in [-0.2, -0.15) is 0 Å². The van der Waals surface area contributed by atoms with Gasteiger partial charge in [0.05, 0.1) is 0 Å². The number of halogens is 2.